The van der Waals surface area contributed by atoms with Crippen LogP contribution in [-0.4, -0.2) is 66.0 Å². The normalized spacial score (nSPS) is 24.7. The van der Waals surface area contributed by atoms with Gasteiger partial charge in [-0.1, -0.05) is 0 Å². The van der Waals surface area contributed by atoms with Gasteiger partial charge in [-0.3, -0.25) is 14.0 Å². The van der Waals surface area contributed by atoms with Gasteiger partial charge >= 0.3 is 5.69 Å². The minimum absolute atomic E-state index is 0.0719. The van der Waals surface area contributed by atoms with Crippen molar-refractivity contribution in [1.29, 1.82) is 0 Å². The number of ether oxygens (including phenoxy) is 1. The number of nitrogens with zero attached hydrogens (tertiary/aromatic N) is 3. The molecule has 4 heterocycles. The third kappa shape index (κ3) is 3.83. The SMILES string of the molecule is Cn1c(=O)n(C2CCCNC2)c2ccc(OC3CN(CC4CCNCC4)C3)cc21. The molecule has 29 heavy (non-hydrogen) atoms. The number of hydrogen-bond donors (Lipinski definition) is 2. The van der Waals surface area contributed by atoms with Crippen LogP contribution in [0.1, 0.15) is 31.7 Å². The van der Waals surface area contributed by atoms with E-state index in [1.807, 2.05) is 23.7 Å². The number of imidazole rings is 1. The maximum absolute atomic E-state index is 12.9. The Morgan fingerprint density at radius 2 is 1.90 bits per heavy atom. The first kappa shape index (κ1) is 19.2. The number of nitrogens with one attached hydrogen (secondary N) is 2. The van der Waals surface area contributed by atoms with Crippen molar-refractivity contribution in [2.24, 2.45) is 13.0 Å². The lowest BCUT2D eigenvalue weighted by Gasteiger charge is -2.41. The molecule has 0 aliphatic carbocycles. The van der Waals surface area contributed by atoms with Gasteiger partial charge in [0.25, 0.3) is 0 Å². The van der Waals surface area contributed by atoms with Crippen molar-refractivity contribution in [3.8, 4) is 5.75 Å². The Kier molecular flexibility index (Phi) is 5.37. The highest BCUT2D eigenvalue weighted by atomic mass is 16.5. The zero-order chi connectivity index (χ0) is 19.8. The molecule has 2 aromatic rings. The predicted molar refractivity (Wildman–Crippen MR) is 115 cm³/mol. The van der Waals surface area contributed by atoms with Gasteiger partial charge in [0.2, 0.25) is 0 Å². The third-order valence-electron chi connectivity index (χ3n) is 6.90. The van der Waals surface area contributed by atoms with Crippen molar-refractivity contribution in [2.75, 3.05) is 45.8 Å². The number of piperidine rings is 2. The predicted octanol–water partition coefficient (Wildman–Crippen LogP) is 1.33. The lowest BCUT2D eigenvalue weighted by molar-refractivity contribution is 0.00744. The largest absolute Gasteiger partial charge is 0.488 e. The number of rotatable bonds is 5. The lowest BCUT2D eigenvalue weighted by atomic mass is 9.96. The number of aromatic nitrogens is 2. The van der Waals surface area contributed by atoms with E-state index in [9.17, 15) is 4.79 Å². The highest BCUT2D eigenvalue weighted by Crippen LogP contribution is 2.27. The number of likely N-dealkylation sites (tertiary alicyclic amines) is 1. The fourth-order valence-electron chi connectivity index (χ4n) is 5.19. The summed E-state index contributed by atoms with van der Waals surface area (Å²) in [5.74, 6) is 1.70. The minimum Gasteiger partial charge on any atom is -0.488 e. The number of fused-ring (bicyclic) bond motifs is 1. The molecule has 0 radical (unpaired) electrons. The quantitative estimate of drug-likeness (QED) is 0.794. The molecule has 1 atom stereocenters. The second-order valence-corrected chi connectivity index (χ2v) is 9.01. The molecular formula is C22H33N5O2. The molecule has 2 N–H and O–H groups in total. The topological polar surface area (TPSA) is 63.5 Å². The van der Waals surface area contributed by atoms with E-state index in [1.165, 1.54) is 19.4 Å². The van der Waals surface area contributed by atoms with Crippen LogP contribution in [0.25, 0.3) is 11.0 Å². The molecule has 5 rings (SSSR count). The molecule has 3 aliphatic rings. The summed E-state index contributed by atoms with van der Waals surface area (Å²) in [6.07, 6.45) is 5.01. The smallest absolute Gasteiger partial charge is 0.329 e. The summed E-state index contributed by atoms with van der Waals surface area (Å²) in [6.45, 7) is 7.45. The van der Waals surface area contributed by atoms with Gasteiger partial charge in [0.1, 0.15) is 11.9 Å². The molecule has 0 amide bonds. The van der Waals surface area contributed by atoms with Gasteiger partial charge in [-0.05, 0) is 63.4 Å². The Labute approximate surface area is 172 Å². The lowest BCUT2D eigenvalue weighted by Crippen LogP contribution is -2.55. The molecule has 158 valence electrons. The summed E-state index contributed by atoms with van der Waals surface area (Å²) in [7, 11) is 1.87. The molecule has 3 saturated heterocycles. The van der Waals surface area contributed by atoms with Crippen molar-refractivity contribution < 1.29 is 4.74 Å². The highest BCUT2D eigenvalue weighted by molar-refractivity contribution is 5.78. The summed E-state index contributed by atoms with van der Waals surface area (Å²) >= 11 is 0. The fraction of sp³-hybridized carbons (Fsp3) is 0.682. The molecule has 3 aliphatic heterocycles. The minimum atomic E-state index is 0.0719. The van der Waals surface area contributed by atoms with E-state index in [0.29, 0.717) is 0 Å². The van der Waals surface area contributed by atoms with Crippen LogP contribution in [0.5, 0.6) is 5.75 Å². The van der Waals surface area contributed by atoms with E-state index in [2.05, 4.69) is 21.6 Å². The van der Waals surface area contributed by atoms with Crippen LogP contribution in [0, 0.1) is 5.92 Å². The second-order valence-electron chi connectivity index (χ2n) is 9.01. The van der Waals surface area contributed by atoms with Gasteiger partial charge in [0, 0.05) is 39.3 Å². The Balaban J connectivity index is 1.25. The Hall–Kier alpha value is -1.83. The van der Waals surface area contributed by atoms with Crippen LogP contribution in [0.4, 0.5) is 0 Å². The van der Waals surface area contributed by atoms with E-state index in [1.54, 1.807) is 4.57 Å². The molecule has 1 aromatic heterocycles. The highest BCUT2D eigenvalue weighted by Gasteiger charge is 2.31. The number of aryl methyl sites for hydroxylation is 1. The van der Waals surface area contributed by atoms with E-state index >= 15 is 0 Å². The van der Waals surface area contributed by atoms with E-state index in [-0.39, 0.29) is 17.8 Å². The Bertz CT molecular complexity index is 902. The van der Waals surface area contributed by atoms with Crippen molar-refractivity contribution in [3.05, 3.63) is 28.7 Å². The fourth-order valence-corrected chi connectivity index (χ4v) is 5.19. The summed E-state index contributed by atoms with van der Waals surface area (Å²) in [5, 5.41) is 6.86. The molecule has 1 aromatic carbocycles. The molecule has 3 fully saturated rings. The maximum Gasteiger partial charge on any atom is 0.329 e. The molecule has 7 heteroatoms. The summed E-state index contributed by atoms with van der Waals surface area (Å²) in [6, 6.07) is 6.37. The maximum atomic E-state index is 12.9. The van der Waals surface area contributed by atoms with Gasteiger partial charge in [-0.15, -0.1) is 0 Å². The summed E-state index contributed by atoms with van der Waals surface area (Å²) < 4.78 is 9.97. The average Bonchev–Trinajstić information content (AvgIpc) is 2.98. The summed E-state index contributed by atoms with van der Waals surface area (Å²) in [4.78, 5) is 15.4. The first-order valence-electron chi connectivity index (χ1n) is 11.2. The molecule has 0 saturated carbocycles. The standard InChI is InChI=1S/C22H33N5O2/c1-25-21-11-18(29-19-14-26(15-19)13-16-6-9-23-10-7-16)4-5-20(21)27(22(25)28)17-3-2-8-24-12-17/h4-5,11,16-17,19,23-24H,2-3,6-10,12-15H2,1H3. The van der Waals surface area contributed by atoms with Gasteiger partial charge in [-0.2, -0.15) is 0 Å². The molecule has 1 unspecified atom stereocenters. The van der Waals surface area contributed by atoms with Crippen LogP contribution in [-0.2, 0) is 7.05 Å². The van der Waals surface area contributed by atoms with Gasteiger partial charge in [0.15, 0.2) is 0 Å². The van der Waals surface area contributed by atoms with Crippen LogP contribution in [0.2, 0.25) is 0 Å². The zero-order valence-electron chi connectivity index (χ0n) is 17.4. The molecular weight excluding hydrogens is 366 g/mol. The Morgan fingerprint density at radius 1 is 1.07 bits per heavy atom. The molecule has 0 bridgehead atoms. The van der Waals surface area contributed by atoms with E-state index in [4.69, 9.17) is 4.74 Å². The number of hydrogen-bond acceptors (Lipinski definition) is 5. The van der Waals surface area contributed by atoms with Crippen LogP contribution >= 0.6 is 0 Å². The van der Waals surface area contributed by atoms with Crippen LogP contribution in [0.15, 0.2) is 23.0 Å². The van der Waals surface area contributed by atoms with Crippen molar-refractivity contribution >= 4 is 11.0 Å². The van der Waals surface area contributed by atoms with Crippen molar-refractivity contribution in [3.63, 3.8) is 0 Å². The first-order valence-corrected chi connectivity index (χ1v) is 11.2. The van der Waals surface area contributed by atoms with Crippen LogP contribution < -0.4 is 21.1 Å². The third-order valence-corrected chi connectivity index (χ3v) is 6.90. The Morgan fingerprint density at radius 3 is 2.66 bits per heavy atom. The van der Waals surface area contributed by atoms with E-state index in [0.717, 1.165) is 74.8 Å². The molecule has 7 nitrogen and oxygen atoms in total. The second kappa shape index (κ2) is 8.13. The first-order chi connectivity index (χ1) is 14.2. The van der Waals surface area contributed by atoms with E-state index < -0.39 is 0 Å². The monoisotopic (exact) mass is 399 g/mol. The van der Waals surface area contributed by atoms with Gasteiger partial charge in [0.05, 0.1) is 17.1 Å². The average molecular weight is 400 g/mol. The van der Waals surface area contributed by atoms with Gasteiger partial charge < -0.3 is 15.4 Å². The summed E-state index contributed by atoms with van der Waals surface area (Å²) in [5.41, 5.74) is 2.05. The van der Waals surface area contributed by atoms with Crippen molar-refractivity contribution in [2.45, 2.75) is 37.8 Å². The number of benzene rings is 1. The van der Waals surface area contributed by atoms with Crippen LogP contribution in [0.3, 0.4) is 0 Å². The van der Waals surface area contributed by atoms with Crippen molar-refractivity contribution in [1.82, 2.24) is 24.7 Å². The zero-order valence-corrected chi connectivity index (χ0v) is 17.4. The van der Waals surface area contributed by atoms with Gasteiger partial charge in [-0.25, -0.2) is 4.79 Å². The molecule has 0 spiro atoms.